The van der Waals surface area contributed by atoms with Crippen LogP contribution >= 0.6 is 0 Å². The maximum atomic E-state index is 12.7. The molecule has 3 rings (SSSR count). The molecular weight excluding hydrogens is 294 g/mol. The maximum Gasteiger partial charge on any atom is 0.257 e. The summed E-state index contributed by atoms with van der Waals surface area (Å²) in [4.78, 5) is 14.6. The second-order valence-electron chi connectivity index (χ2n) is 5.60. The van der Waals surface area contributed by atoms with E-state index in [4.69, 9.17) is 9.47 Å². The van der Waals surface area contributed by atoms with E-state index in [1.165, 1.54) is 0 Å². The van der Waals surface area contributed by atoms with Gasteiger partial charge in [-0.15, -0.1) is 0 Å². The Labute approximate surface area is 135 Å². The van der Waals surface area contributed by atoms with Gasteiger partial charge in [0.25, 0.3) is 5.91 Å². The van der Waals surface area contributed by atoms with Crippen molar-refractivity contribution < 1.29 is 14.3 Å². The van der Waals surface area contributed by atoms with Gasteiger partial charge in [0.05, 0.1) is 31.5 Å². The number of benzene rings is 1. The molecule has 6 nitrogen and oxygen atoms in total. The molecule has 1 aromatic heterocycles. The van der Waals surface area contributed by atoms with Gasteiger partial charge in [0.2, 0.25) is 0 Å². The van der Waals surface area contributed by atoms with E-state index < -0.39 is 0 Å². The van der Waals surface area contributed by atoms with Crippen LogP contribution in [0.1, 0.15) is 23.2 Å². The van der Waals surface area contributed by atoms with Crippen molar-refractivity contribution in [2.75, 3.05) is 27.4 Å². The summed E-state index contributed by atoms with van der Waals surface area (Å²) in [6, 6.07) is 7.74. The van der Waals surface area contributed by atoms with E-state index in [1.54, 1.807) is 31.3 Å². The van der Waals surface area contributed by atoms with Crippen LogP contribution in [0.25, 0.3) is 5.69 Å². The van der Waals surface area contributed by atoms with Crippen molar-refractivity contribution in [3.8, 4) is 11.4 Å². The lowest BCUT2D eigenvalue weighted by molar-refractivity contribution is 0.0630. The van der Waals surface area contributed by atoms with E-state index in [-0.39, 0.29) is 11.9 Å². The Kier molecular flexibility index (Phi) is 4.62. The highest BCUT2D eigenvalue weighted by Crippen LogP contribution is 2.23. The highest BCUT2D eigenvalue weighted by molar-refractivity contribution is 5.94. The van der Waals surface area contributed by atoms with Crippen LogP contribution in [-0.4, -0.2) is 54.0 Å². The summed E-state index contributed by atoms with van der Waals surface area (Å²) in [6.45, 7) is 1.35. The van der Waals surface area contributed by atoms with Crippen molar-refractivity contribution >= 4 is 5.91 Å². The number of hydrogen-bond acceptors (Lipinski definition) is 4. The third kappa shape index (κ3) is 3.07. The summed E-state index contributed by atoms with van der Waals surface area (Å²) in [7, 11) is 3.29. The predicted octanol–water partition coefficient (Wildman–Crippen LogP) is 2.13. The van der Waals surface area contributed by atoms with E-state index >= 15 is 0 Å². The largest absolute Gasteiger partial charge is 0.494 e. The second-order valence-corrected chi connectivity index (χ2v) is 5.60. The molecule has 1 fully saturated rings. The molecule has 0 bridgehead atoms. The normalized spacial score (nSPS) is 17.5. The third-order valence-corrected chi connectivity index (χ3v) is 4.16. The molecule has 0 aliphatic carbocycles. The van der Waals surface area contributed by atoms with Gasteiger partial charge in [-0.3, -0.25) is 4.79 Å². The molecule has 122 valence electrons. The van der Waals surface area contributed by atoms with E-state index in [0.29, 0.717) is 17.9 Å². The zero-order chi connectivity index (χ0) is 16.2. The SMILES string of the molecule is COC[C@H]1CCCN1C(=O)c1cnn(-c2ccccc2OC)c1. The van der Waals surface area contributed by atoms with Crippen LogP contribution in [0.5, 0.6) is 5.75 Å². The maximum absolute atomic E-state index is 12.7. The fourth-order valence-electron chi connectivity index (χ4n) is 3.02. The van der Waals surface area contributed by atoms with Crippen LogP contribution in [0.15, 0.2) is 36.7 Å². The highest BCUT2D eigenvalue weighted by Gasteiger charge is 2.30. The molecule has 0 N–H and O–H groups in total. The smallest absolute Gasteiger partial charge is 0.257 e. The summed E-state index contributed by atoms with van der Waals surface area (Å²) in [6.07, 6.45) is 5.36. The van der Waals surface area contributed by atoms with Crippen molar-refractivity contribution in [2.24, 2.45) is 0 Å². The molecule has 1 aliphatic rings. The van der Waals surface area contributed by atoms with Gasteiger partial charge in [-0.2, -0.15) is 5.10 Å². The van der Waals surface area contributed by atoms with Gasteiger partial charge >= 0.3 is 0 Å². The molecule has 1 amide bonds. The monoisotopic (exact) mass is 315 g/mol. The predicted molar refractivity (Wildman–Crippen MR) is 86.1 cm³/mol. The van der Waals surface area contributed by atoms with E-state index in [0.717, 1.165) is 25.1 Å². The minimum Gasteiger partial charge on any atom is -0.494 e. The van der Waals surface area contributed by atoms with Gasteiger partial charge in [-0.05, 0) is 25.0 Å². The summed E-state index contributed by atoms with van der Waals surface area (Å²) < 4.78 is 12.2. The quantitative estimate of drug-likeness (QED) is 0.848. The Balaban J connectivity index is 1.83. The zero-order valence-electron chi connectivity index (χ0n) is 13.4. The average Bonchev–Trinajstić information content (AvgIpc) is 3.24. The second kappa shape index (κ2) is 6.83. The fourth-order valence-corrected chi connectivity index (χ4v) is 3.02. The fraction of sp³-hybridized carbons (Fsp3) is 0.412. The lowest BCUT2D eigenvalue weighted by atomic mass is 10.2. The molecule has 1 aliphatic heterocycles. The lowest BCUT2D eigenvalue weighted by Gasteiger charge is -2.23. The number of aromatic nitrogens is 2. The van der Waals surface area contributed by atoms with Crippen LogP contribution in [-0.2, 0) is 4.74 Å². The summed E-state index contributed by atoms with van der Waals surface area (Å²) in [5.41, 5.74) is 1.39. The summed E-state index contributed by atoms with van der Waals surface area (Å²) in [5, 5.41) is 4.32. The first-order valence-corrected chi connectivity index (χ1v) is 7.72. The van der Waals surface area contributed by atoms with Gasteiger partial charge in [-0.1, -0.05) is 12.1 Å². The van der Waals surface area contributed by atoms with Crippen molar-refractivity contribution in [2.45, 2.75) is 18.9 Å². The van der Waals surface area contributed by atoms with Gasteiger partial charge in [0.15, 0.2) is 0 Å². The summed E-state index contributed by atoms with van der Waals surface area (Å²) in [5.74, 6) is 0.721. The first-order valence-electron chi connectivity index (χ1n) is 7.72. The molecule has 2 heterocycles. The van der Waals surface area contributed by atoms with Crippen molar-refractivity contribution in [3.63, 3.8) is 0 Å². The molecule has 1 atom stereocenters. The molecule has 0 saturated carbocycles. The lowest BCUT2D eigenvalue weighted by Crippen LogP contribution is -2.37. The molecular formula is C17H21N3O3. The van der Waals surface area contributed by atoms with Crippen LogP contribution in [0.4, 0.5) is 0 Å². The highest BCUT2D eigenvalue weighted by atomic mass is 16.5. The number of ether oxygens (including phenoxy) is 2. The number of likely N-dealkylation sites (tertiary alicyclic amines) is 1. The van der Waals surface area contributed by atoms with E-state index in [1.807, 2.05) is 29.2 Å². The Morgan fingerprint density at radius 1 is 1.35 bits per heavy atom. The van der Waals surface area contributed by atoms with Gasteiger partial charge in [0, 0.05) is 19.9 Å². The molecule has 0 radical (unpaired) electrons. The van der Waals surface area contributed by atoms with Gasteiger partial charge in [0.1, 0.15) is 11.4 Å². The first kappa shape index (κ1) is 15.6. The third-order valence-electron chi connectivity index (χ3n) is 4.16. The number of hydrogen-bond donors (Lipinski definition) is 0. The number of nitrogens with zero attached hydrogens (tertiary/aromatic N) is 3. The van der Waals surface area contributed by atoms with Crippen molar-refractivity contribution in [1.82, 2.24) is 14.7 Å². The number of carbonyl (C=O) groups excluding carboxylic acids is 1. The summed E-state index contributed by atoms with van der Waals surface area (Å²) >= 11 is 0. The minimum absolute atomic E-state index is 0.00528. The van der Waals surface area contributed by atoms with Crippen LogP contribution in [0, 0.1) is 0 Å². The van der Waals surface area contributed by atoms with Crippen molar-refractivity contribution in [1.29, 1.82) is 0 Å². The number of carbonyl (C=O) groups is 1. The molecule has 6 heteroatoms. The molecule has 1 aromatic carbocycles. The van der Waals surface area contributed by atoms with E-state index in [2.05, 4.69) is 5.10 Å². The minimum atomic E-state index is 0.00528. The first-order chi connectivity index (χ1) is 11.2. The Hall–Kier alpha value is -2.34. The van der Waals surface area contributed by atoms with Gasteiger partial charge < -0.3 is 14.4 Å². The molecule has 0 unspecified atom stereocenters. The molecule has 2 aromatic rings. The van der Waals surface area contributed by atoms with Gasteiger partial charge in [-0.25, -0.2) is 4.68 Å². The number of para-hydroxylation sites is 2. The van der Waals surface area contributed by atoms with E-state index in [9.17, 15) is 4.79 Å². The van der Waals surface area contributed by atoms with Crippen molar-refractivity contribution in [3.05, 3.63) is 42.2 Å². The number of amides is 1. The standard InChI is InChI=1S/C17H21N3O3/c1-22-12-14-6-5-9-19(14)17(21)13-10-18-20(11-13)15-7-3-4-8-16(15)23-2/h3-4,7-8,10-11,14H,5-6,9,12H2,1-2H3/t14-/m1/s1. The molecule has 23 heavy (non-hydrogen) atoms. The average molecular weight is 315 g/mol. The molecule has 0 spiro atoms. The number of methoxy groups -OCH3 is 2. The topological polar surface area (TPSA) is 56.6 Å². The van der Waals surface area contributed by atoms with Crippen LogP contribution in [0.3, 0.4) is 0 Å². The van der Waals surface area contributed by atoms with Crippen LogP contribution in [0.2, 0.25) is 0 Å². The van der Waals surface area contributed by atoms with Crippen LogP contribution < -0.4 is 4.74 Å². The number of rotatable bonds is 5. The Morgan fingerprint density at radius 2 is 2.17 bits per heavy atom. The Morgan fingerprint density at radius 3 is 2.96 bits per heavy atom. The zero-order valence-corrected chi connectivity index (χ0v) is 13.4. The molecule has 1 saturated heterocycles. The Bertz CT molecular complexity index is 683.